The predicted octanol–water partition coefficient (Wildman–Crippen LogP) is 4.37. The van der Waals surface area contributed by atoms with Gasteiger partial charge >= 0.3 is 46.1 Å². The molecule has 0 bridgehead atoms. The highest BCUT2D eigenvalue weighted by molar-refractivity contribution is 5.90. The number of aliphatic hydroxyl groups is 5. The smallest absolute Gasteiger partial charge is 0.351 e. The Morgan fingerprint density at radius 2 is 0.872 bits per heavy atom. The molecule has 0 amide bonds. The van der Waals surface area contributed by atoms with E-state index in [0.717, 1.165) is 4.57 Å². The number of esters is 2. The van der Waals surface area contributed by atoms with E-state index in [1.165, 1.54) is 95.4 Å². The minimum Gasteiger partial charge on any atom is -0.472 e. The lowest BCUT2D eigenvalue weighted by Gasteiger charge is -2.29. The van der Waals surface area contributed by atoms with Crippen molar-refractivity contribution < 1.29 is 73.0 Å². The van der Waals surface area contributed by atoms with Crippen LogP contribution in [0.25, 0.3) is 47.6 Å². The lowest BCUT2D eigenvalue weighted by molar-refractivity contribution is -0.124. The zero-order valence-corrected chi connectivity index (χ0v) is 72.9. The van der Waals surface area contributed by atoms with Gasteiger partial charge in [-0.2, -0.15) is 20.1 Å². The van der Waals surface area contributed by atoms with Gasteiger partial charge in [-0.1, -0.05) is 133 Å². The number of anilines is 2. The Bertz CT molecular complexity index is 6320. The van der Waals surface area contributed by atoms with Crippen molar-refractivity contribution in [3.05, 3.63) is 306 Å². The molecule has 2 aromatic carbocycles. The quantitative estimate of drug-likeness (QED) is 0.0219. The van der Waals surface area contributed by atoms with E-state index in [0.29, 0.717) is 23.4 Å². The highest BCUT2D eigenvalue weighted by Gasteiger charge is 2.58. The Morgan fingerprint density at radius 3 is 1.26 bits per heavy atom. The number of nitrogens with one attached hydrogen (secondary N) is 3. The van der Waals surface area contributed by atoms with Gasteiger partial charge in [0.1, 0.15) is 85.6 Å². The van der Waals surface area contributed by atoms with Crippen molar-refractivity contribution in [1.82, 2.24) is 72.1 Å². The molecule has 53 heteroatoms. The van der Waals surface area contributed by atoms with Crippen molar-refractivity contribution in [3.8, 4) is 5.82 Å². The number of ether oxygens (including phenoxy) is 8. The maximum absolute atomic E-state index is 12.8. The second kappa shape index (κ2) is 43.3. The number of hydrogen-bond donors (Lipinski definition) is 10. The van der Waals surface area contributed by atoms with Crippen LogP contribution < -0.4 is 62.3 Å². The highest BCUT2D eigenvalue weighted by Crippen LogP contribution is 2.50. The number of nitrogens with zero attached hydrogens (tertiary/aromatic N) is 24. The van der Waals surface area contributed by atoms with Crippen LogP contribution in [-0.4, -0.2) is 182 Å². The molecule has 0 aliphatic carbocycles. The van der Waals surface area contributed by atoms with Gasteiger partial charge in [0.25, 0.3) is 16.7 Å². The molecule has 0 unspecified atom stereocenters. The maximum atomic E-state index is 12.8. The lowest BCUT2D eigenvalue weighted by Crippen LogP contribution is -2.42. The van der Waals surface area contributed by atoms with Crippen molar-refractivity contribution in [2.75, 3.05) is 24.7 Å². The molecule has 9 aromatic rings. The fourth-order valence-electron chi connectivity index (χ4n) is 15.7. The standard InChI is InChI=1S/C20H20N8O4.C18H19N5O5.C12H18N6O2.C10H14N6O4.C10H14N2O5.C10H12N2O4/c1-3-20(25-26-21)16(31-18(29)14-7-5-4-6-8-14)13(2)17(32-20)27-10-9-15(24-19(27)30)28-12-22-11-23-28;1-3-18(21-22-19)14(27-16(25)12-7-5-4-6-8-12)11(2)15(28-18)23-10-9-13(24)20-17(23)26;1-4-12(16-17-14)8(3)7(2)10(20-12)18-6-5-9(13)15-11(18)19;1-5-7(18)10(4-17,14-15-12)20-8(5)16-3-2-6(11)13-9(16)19;1-5-8(15)6(4-13)17-9(5)12-3-2-7(14)11-10(12)16;1-5-8(14)6(2)16-9(5)12-4-3-7(13)11-10(12)15/h4-13,16-17H,3H2,1-2H3;4-11,14-15H,3H2,1-2H3,(H,20,24,26);5-8,10H,4H2,1-3H3,(H2,13,15,19);2-3,5,7-8,17-18H,4H2,1H3,(H2,11,13,19);2-3,5-6,8-9,13,15H,4H2,1H3,(H,11,14,16);3-5,8-9,14H,2H2,1H3,(H,11,13,15)/t13-,16-,17+,20+;11-,14-,15+,18+;7-,8-,10+,12+;5-,7-,8+,10+;5-,6+,8-,9+;5-,8-,9+/m000000/s1. The third kappa shape index (κ3) is 21.6. The van der Waals surface area contributed by atoms with Gasteiger partial charge in [0.05, 0.1) is 36.5 Å². The van der Waals surface area contributed by atoms with E-state index in [9.17, 15) is 78.7 Å². The fraction of sp³-hybridized carbons (Fsp3) is 0.475. The topological polar surface area (TPSA) is 756 Å². The molecule has 0 saturated carbocycles. The summed E-state index contributed by atoms with van der Waals surface area (Å²) < 4.78 is 54.2. The minimum atomic E-state index is -1.82. The molecule has 53 nitrogen and oxygen atoms in total. The molecule has 13 heterocycles. The molecule has 133 heavy (non-hydrogen) atoms. The lowest BCUT2D eigenvalue weighted by atomic mass is 9.87. The molecule has 12 N–H and O–H groups in total. The van der Waals surface area contributed by atoms with Gasteiger partial charge in [-0.05, 0) is 89.8 Å². The number of aromatic amines is 3. The zero-order valence-electron chi connectivity index (χ0n) is 72.9. The number of carbonyl (C=O) groups excluding carboxylic acids is 2. The van der Waals surface area contributed by atoms with Crippen LogP contribution in [0.15, 0.2) is 223 Å². The summed E-state index contributed by atoms with van der Waals surface area (Å²) in [6.07, 6.45) is 2.06. The summed E-state index contributed by atoms with van der Waals surface area (Å²) >= 11 is 0. The molecule has 706 valence electrons. The fourth-order valence-corrected chi connectivity index (χ4v) is 15.7. The van der Waals surface area contributed by atoms with E-state index < -0.39 is 184 Å². The molecule has 0 spiro atoms. The Hall–Kier alpha value is -14.8. The van der Waals surface area contributed by atoms with Crippen molar-refractivity contribution in [2.45, 2.75) is 185 Å². The Morgan fingerprint density at radius 1 is 0.489 bits per heavy atom. The normalized spacial score (nSPS) is 29.1. The van der Waals surface area contributed by atoms with E-state index >= 15 is 0 Å². The first kappa shape index (κ1) is 100. The maximum Gasteiger partial charge on any atom is 0.351 e. The van der Waals surface area contributed by atoms with E-state index in [1.54, 1.807) is 127 Å². The summed E-state index contributed by atoms with van der Waals surface area (Å²) in [6.45, 7) is 20.3. The van der Waals surface area contributed by atoms with Gasteiger partial charge in [0.2, 0.25) is 0 Å². The van der Waals surface area contributed by atoms with Gasteiger partial charge in [-0.25, -0.2) is 48.0 Å². The first-order chi connectivity index (χ1) is 63.3. The third-order valence-corrected chi connectivity index (χ3v) is 23.3. The average Bonchev–Trinajstić information content (AvgIpc) is 1.61. The van der Waals surface area contributed by atoms with Crippen LogP contribution in [-0.2, 0) is 37.9 Å². The second-order valence-electron chi connectivity index (χ2n) is 31.3. The van der Waals surface area contributed by atoms with Crippen LogP contribution in [0.1, 0.15) is 147 Å². The van der Waals surface area contributed by atoms with Crippen molar-refractivity contribution in [3.63, 3.8) is 0 Å². The monoisotopic (exact) mass is 1850 g/mol. The first-order valence-corrected chi connectivity index (χ1v) is 41.2. The molecular weight excluding hydrogens is 1750 g/mol. The summed E-state index contributed by atoms with van der Waals surface area (Å²) in [7, 11) is 0. The molecule has 6 aliphatic heterocycles. The second-order valence-corrected chi connectivity index (χ2v) is 31.3. The summed E-state index contributed by atoms with van der Waals surface area (Å²) in [5.74, 6) is -2.75. The minimum absolute atomic E-state index is 0.00331. The van der Waals surface area contributed by atoms with Crippen molar-refractivity contribution >= 4 is 23.6 Å². The number of aromatic nitrogens is 15. The van der Waals surface area contributed by atoms with Gasteiger partial charge in [-0.15, -0.1) is 0 Å². The summed E-state index contributed by atoms with van der Waals surface area (Å²) in [5, 5.41) is 66.6. The van der Waals surface area contributed by atoms with Crippen LogP contribution in [0.4, 0.5) is 11.6 Å². The van der Waals surface area contributed by atoms with Crippen LogP contribution in [0.2, 0.25) is 0 Å². The molecule has 7 aromatic heterocycles. The van der Waals surface area contributed by atoms with E-state index in [4.69, 9.17) is 71.1 Å². The number of benzene rings is 2. The molecule has 0 radical (unpaired) electrons. The number of carbonyl (C=O) groups is 2. The van der Waals surface area contributed by atoms with Crippen LogP contribution in [0.5, 0.6) is 0 Å². The predicted molar refractivity (Wildman–Crippen MR) is 463 cm³/mol. The number of nitrogen functional groups attached to an aromatic ring is 2. The number of aliphatic hydroxyl groups excluding tert-OH is 5. The Balaban J connectivity index is 0.000000168. The number of azide groups is 4. The first-order valence-electron chi connectivity index (χ1n) is 41.2. The Kier molecular flexibility index (Phi) is 32.6. The molecule has 6 aliphatic rings. The third-order valence-electron chi connectivity index (χ3n) is 23.3. The van der Waals surface area contributed by atoms with Crippen molar-refractivity contribution in [1.29, 1.82) is 0 Å². The van der Waals surface area contributed by atoms with E-state index in [-0.39, 0.29) is 60.5 Å². The summed E-state index contributed by atoms with van der Waals surface area (Å²) in [6, 6.07) is 25.0. The highest BCUT2D eigenvalue weighted by atomic mass is 16.6. The molecular formula is C80H97N29O24. The summed E-state index contributed by atoms with van der Waals surface area (Å²) in [4.78, 5) is 163. The molecule has 23 atom stereocenters. The van der Waals surface area contributed by atoms with E-state index in [1.807, 2.05) is 20.8 Å². The molecule has 15 rings (SSSR count). The SMILES string of the molecule is C=C1O[C@@H](n2ccc(=O)[nH]c2=O)[C@@H](C)[C@@H]1O.CC[C@@]1(N=[N+]=[N-])O[C@@H](n2ccc(-n3cncn3)nc2=O)[C@@H](C)[C@@H]1OC(=O)c1ccccc1.CC[C@@]1(N=[N+]=[N-])O[C@@H](n2ccc(=O)[nH]c2=O)[C@@H](C)[C@@H]1OC(=O)c1ccccc1.CC[C@@]1(N=[N+]=[N-])O[C@@H](n2ccc(N)nc2=O)[C@@H](C)[C@@H]1C.C[C@@H]1[C@H](n2ccc(N)nc2=O)O[C@@](CO)(N=[N+]=[N-])[C@H]1O.C[C@H]1[C@H](O)[C@@H](CO)O[C@H]1n1ccc(=O)[nH]c1=O. The molecule has 6 saturated heterocycles. The zero-order chi connectivity index (χ0) is 97.3. The number of rotatable bonds is 20. The van der Waals surface area contributed by atoms with Crippen LogP contribution >= 0.6 is 0 Å². The number of hydrogen-bond acceptors (Lipinski definition) is 35. The van der Waals surface area contributed by atoms with Gasteiger partial charge < -0.3 is 74.9 Å². The Labute approximate surface area is 749 Å². The molecule has 6 fully saturated rings. The van der Waals surface area contributed by atoms with Gasteiger partial charge in [-0.3, -0.25) is 56.7 Å². The van der Waals surface area contributed by atoms with E-state index in [2.05, 4.69) is 86.7 Å². The van der Waals surface area contributed by atoms with Gasteiger partial charge in [0, 0.05) is 111 Å². The van der Waals surface area contributed by atoms with Crippen LogP contribution in [0, 0.1) is 41.4 Å². The van der Waals surface area contributed by atoms with Crippen molar-refractivity contribution in [2.24, 2.45) is 61.9 Å². The number of nitrogens with two attached hydrogens (primary N) is 2. The van der Waals surface area contributed by atoms with Gasteiger partial charge in [0.15, 0.2) is 34.9 Å². The summed E-state index contributed by atoms with van der Waals surface area (Å²) in [5.41, 5.74) is 36.3. The van der Waals surface area contributed by atoms with Crippen LogP contribution in [0.3, 0.4) is 0 Å². The number of H-pyrrole nitrogens is 3. The largest absolute Gasteiger partial charge is 0.472 e. The average molecular weight is 1850 g/mol.